The van der Waals surface area contributed by atoms with Gasteiger partial charge in [0.2, 0.25) is 0 Å². The summed E-state index contributed by atoms with van der Waals surface area (Å²) in [4.78, 5) is 0. The SMILES string of the molecule is Cc1ccc(C#N)c(C(F)(F)F)c1.N[C@@H]1CCCCC1C1CC1. The lowest BCUT2D eigenvalue weighted by Gasteiger charge is -2.28. The highest BCUT2D eigenvalue weighted by Crippen LogP contribution is 2.43. The topological polar surface area (TPSA) is 49.8 Å². The third-order valence-corrected chi connectivity index (χ3v) is 4.70. The first-order chi connectivity index (χ1) is 10.8. The summed E-state index contributed by atoms with van der Waals surface area (Å²) in [6, 6.07) is 5.70. The lowest BCUT2D eigenvalue weighted by Crippen LogP contribution is -2.34. The highest BCUT2D eigenvalue weighted by atomic mass is 19.4. The summed E-state index contributed by atoms with van der Waals surface area (Å²) in [6.07, 6.45) is 4.03. The van der Waals surface area contributed by atoms with E-state index < -0.39 is 11.7 Å². The van der Waals surface area contributed by atoms with Crippen LogP contribution in [0, 0.1) is 30.1 Å². The predicted molar refractivity (Wildman–Crippen MR) is 83.6 cm³/mol. The number of hydrogen-bond donors (Lipinski definition) is 1. The molecule has 2 aliphatic carbocycles. The van der Waals surface area contributed by atoms with Crippen molar-refractivity contribution in [2.75, 3.05) is 0 Å². The summed E-state index contributed by atoms with van der Waals surface area (Å²) in [7, 11) is 0. The van der Waals surface area contributed by atoms with Crippen molar-refractivity contribution in [3.05, 3.63) is 34.9 Å². The monoisotopic (exact) mass is 324 g/mol. The first-order valence-electron chi connectivity index (χ1n) is 8.16. The molecular formula is C18H23F3N2. The smallest absolute Gasteiger partial charge is 0.327 e. The second-order valence-electron chi connectivity index (χ2n) is 6.61. The van der Waals surface area contributed by atoms with Gasteiger partial charge >= 0.3 is 6.18 Å². The van der Waals surface area contributed by atoms with Gasteiger partial charge in [-0.25, -0.2) is 0 Å². The lowest BCUT2D eigenvalue weighted by molar-refractivity contribution is -0.137. The molecule has 2 fully saturated rings. The normalized spacial score (nSPS) is 24.3. The number of alkyl halides is 3. The van der Waals surface area contributed by atoms with Crippen LogP contribution < -0.4 is 5.73 Å². The van der Waals surface area contributed by atoms with E-state index in [9.17, 15) is 13.2 Å². The molecule has 0 radical (unpaired) electrons. The molecule has 2 N–H and O–H groups in total. The lowest BCUT2D eigenvalue weighted by atomic mass is 9.82. The van der Waals surface area contributed by atoms with E-state index in [1.807, 2.05) is 0 Å². The minimum absolute atomic E-state index is 0.335. The third-order valence-electron chi connectivity index (χ3n) is 4.70. The van der Waals surface area contributed by atoms with Crippen LogP contribution in [0.3, 0.4) is 0 Å². The molecular weight excluding hydrogens is 301 g/mol. The molecule has 0 spiro atoms. The summed E-state index contributed by atoms with van der Waals surface area (Å²) in [5, 5.41) is 8.42. The van der Waals surface area contributed by atoms with Crippen LogP contribution in [0.5, 0.6) is 0 Å². The van der Waals surface area contributed by atoms with E-state index in [0.717, 1.165) is 17.9 Å². The van der Waals surface area contributed by atoms with Gasteiger partial charge in [-0.3, -0.25) is 0 Å². The van der Waals surface area contributed by atoms with Gasteiger partial charge in [-0.05, 0) is 56.6 Å². The van der Waals surface area contributed by atoms with E-state index in [4.69, 9.17) is 11.0 Å². The van der Waals surface area contributed by atoms with Crippen molar-refractivity contribution in [3.8, 4) is 6.07 Å². The van der Waals surface area contributed by atoms with Gasteiger partial charge in [-0.2, -0.15) is 18.4 Å². The van der Waals surface area contributed by atoms with E-state index in [2.05, 4.69) is 0 Å². The van der Waals surface area contributed by atoms with Crippen LogP contribution in [0.2, 0.25) is 0 Å². The Bertz CT molecular complexity index is 571. The average Bonchev–Trinajstić information content (AvgIpc) is 3.32. The first kappa shape index (κ1) is 17.8. The van der Waals surface area contributed by atoms with E-state index in [1.165, 1.54) is 56.7 Å². The Morgan fingerprint density at radius 3 is 2.30 bits per heavy atom. The summed E-state index contributed by atoms with van der Waals surface area (Å²) in [5.41, 5.74) is 5.31. The van der Waals surface area contributed by atoms with Gasteiger partial charge in [0.25, 0.3) is 0 Å². The molecule has 2 aliphatic rings. The minimum Gasteiger partial charge on any atom is -0.327 e. The van der Waals surface area contributed by atoms with Crippen LogP contribution in [-0.2, 0) is 6.18 Å². The third kappa shape index (κ3) is 4.97. The largest absolute Gasteiger partial charge is 0.417 e. The molecule has 23 heavy (non-hydrogen) atoms. The van der Waals surface area contributed by atoms with Crippen LogP contribution >= 0.6 is 0 Å². The molecule has 1 aromatic rings. The number of nitrogens with zero attached hydrogens (tertiary/aromatic N) is 1. The van der Waals surface area contributed by atoms with Crippen LogP contribution in [0.4, 0.5) is 13.2 Å². The maximum Gasteiger partial charge on any atom is 0.417 e. The van der Waals surface area contributed by atoms with Crippen LogP contribution in [0.25, 0.3) is 0 Å². The Morgan fingerprint density at radius 2 is 1.78 bits per heavy atom. The van der Waals surface area contributed by atoms with Gasteiger partial charge in [-0.1, -0.05) is 24.5 Å². The summed E-state index contributed by atoms with van der Waals surface area (Å²) in [6.45, 7) is 1.55. The van der Waals surface area contributed by atoms with Crippen molar-refractivity contribution < 1.29 is 13.2 Å². The van der Waals surface area contributed by atoms with Crippen molar-refractivity contribution in [2.24, 2.45) is 17.6 Å². The Labute approximate surface area is 135 Å². The Hall–Kier alpha value is -1.54. The van der Waals surface area contributed by atoms with Gasteiger partial charge in [0.15, 0.2) is 0 Å². The molecule has 2 saturated carbocycles. The van der Waals surface area contributed by atoms with Gasteiger partial charge in [0, 0.05) is 6.04 Å². The Morgan fingerprint density at radius 1 is 1.13 bits per heavy atom. The molecule has 5 heteroatoms. The molecule has 1 unspecified atom stereocenters. The van der Waals surface area contributed by atoms with E-state index in [0.29, 0.717) is 11.6 Å². The Balaban J connectivity index is 0.000000172. The molecule has 2 nitrogen and oxygen atoms in total. The molecule has 126 valence electrons. The maximum absolute atomic E-state index is 12.3. The number of hydrogen-bond acceptors (Lipinski definition) is 2. The molecule has 0 heterocycles. The number of benzene rings is 1. The highest BCUT2D eigenvalue weighted by molar-refractivity contribution is 5.41. The molecule has 1 aromatic carbocycles. The van der Waals surface area contributed by atoms with E-state index >= 15 is 0 Å². The van der Waals surface area contributed by atoms with E-state index in [1.54, 1.807) is 6.92 Å². The van der Waals surface area contributed by atoms with Crippen molar-refractivity contribution >= 4 is 0 Å². The number of aryl methyl sites for hydroxylation is 1. The fraction of sp³-hybridized carbons (Fsp3) is 0.611. The second kappa shape index (κ2) is 7.35. The fourth-order valence-corrected chi connectivity index (χ4v) is 3.29. The molecule has 0 aliphatic heterocycles. The summed E-state index contributed by atoms with van der Waals surface area (Å²) >= 11 is 0. The fourth-order valence-electron chi connectivity index (χ4n) is 3.29. The number of halogens is 3. The average molecular weight is 324 g/mol. The van der Waals surface area contributed by atoms with Crippen molar-refractivity contribution in [2.45, 2.75) is 57.7 Å². The van der Waals surface area contributed by atoms with Crippen LogP contribution in [0.15, 0.2) is 18.2 Å². The van der Waals surface area contributed by atoms with Gasteiger partial charge < -0.3 is 5.73 Å². The number of nitriles is 1. The maximum atomic E-state index is 12.3. The first-order valence-corrected chi connectivity index (χ1v) is 8.16. The summed E-state index contributed by atoms with van der Waals surface area (Å²) in [5.74, 6) is 1.95. The van der Waals surface area contributed by atoms with E-state index in [-0.39, 0.29) is 5.56 Å². The quantitative estimate of drug-likeness (QED) is 0.806. The zero-order chi connectivity index (χ0) is 17.0. The number of rotatable bonds is 1. The standard InChI is InChI=1S/C9H6F3N.C9H17N/c1-6-2-3-7(5-13)8(4-6)9(10,11)12;10-9-4-2-1-3-8(9)7-5-6-7/h2-4H,1H3;7-9H,1-6,10H2/t;8?,9-/m.1/s1. The van der Waals surface area contributed by atoms with Gasteiger partial charge in [0.1, 0.15) is 0 Å². The Kier molecular flexibility index (Phi) is 5.69. The van der Waals surface area contributed by atoms with Gasteiger partial charge in [-0.15, -0.1) is 0 Å². The summed E-state index contributed by atoms with van der Waals surface area (Å²) < 4.78 is 36.8. The highest BCUT2D eigenvalue weighted by Gasteiger charge is 2.36. The van der Waals surface area contributed by atoms with Gasteiger partial charge in [0.05, 0.1) is 17.2 Å². The number of nitrogens with two attached hydrogens (primary N) is 1. The van der Waals surface area contributed by atoms with Crippen LogP contribution in [-0.4, -0.2) is 6.04 Å². The zero-order valence-corrected chi connectivity index (χ0v) is 13.4. The molecule has 2 atom stereocenters. The predicted octanol–water partition coefficient (Wildman–Crippen LogP) is 4.80. The van der Waals surface area contributed by atoms with Crippen molar-refractivity contribution in [1.29, 1.82) is 5.26 Å². The molecule has 0 bridgehead atoms. The minimum atomic E-state index is -4.45. The molecule has 0 amide bonds. The van der Waals surface area contributed by atoms with Crippen molar-refractivity contribution in [1.82, 2.24) is 0 Å². The van der Waals surface area contributed by atoms with Crippen LogP contribution in [0.1, 0.15) is 55.2 Å². The zero-order valence-electron chi connectivity index (χ0n) is 13.4. The molecule has 3 rings (SSSR count). The molecule has 0 saturated heterocycles. The molecule has 0 aromatic heterocycles. The second-order valence-corrected chi connectivity index (χ2v) is 6.61. The van der Waals surface area contributed by atoms with Crippen molar-refractivity contribution in [3.63, 3.8) is 0 Å².